The number of rotatable bonds is 2. The topological polar surface area (TPSA) is 59.5 Å². The summed E-state index contributed by atoms with van der Waals surface area (Å²) in [5.74, 6) is 0.847. The molecule has 1 aliphatic heterocycles. The molecule has 2 aromatic rings. The molecule has 1 atom stereocenters. The fourth-order valence-electron chi connectivity index (χ4n) is 2.75. The van der Waals surface area contributed by atoms with Crippen LogP contribution in [-0.4, -0.2) is 30.4 Å². The normalized spacial score (nSPS) is 18.0. The minimum absolute atomic E-state index is 0. The van der Waals surface area contributed by atoms with Crippen molar-refractivity contribution >= 4 is 45.2 Å². The molecule has 0 radical (unpaired) electrons. The molecule has 1 fully saturated rings. The minimum Gasteiger partial charge on any atom is -0.451 e. The van der Waals surface area contributed by atoms with Gasteiger partial charge in [-0.05, 0) is 44.0 Å². The zero-order valence-corrected chi connectivity index (χ0v) is 14.2. The van der Waals surface area contributed by atoms with E-state index in [0.29, 0.717) is 18.2 Å². The quantitative estimate of drug-likeness (QED) is 0.878. The van der Waals surface area contributed by atoms with Gasteiger partial charge >= 0.3 is 0 Å². The second-order valence-corrected chi connectivity index (χ2v) is 6.25. The van der Waals surface area contributed by atoms with Gasteiger partial charge in [0.2, 0.25) is 0 Å². The number of carbonyl (C=O) groups excluding carboxylic acids is 1. The van der Waals surface area contributed by atoms with Crippen molar-refractivity contribution in [3.05, 3.63) is 34.0 Å². The van der Waals surface area contributed by atoms with Gasteiger partial charge < -0.3 is 15.1 Å². The molecule has 1 aromatic carbocycles. The molecule has 6 heteroatoms. The average molecular weight is 374 g/mol. The van der Waals surface area contributed by atoms with Gasteiger partial charge in [0.05, 0.1) is 0 Å². The predicted molar refractivity (Wildman–Crippen MR) is 89.0 cm³/mol. The highest BCUT2D eigenvalue weighted by atomic mass is 79.9. The van der Waals surface area contributed by atoms with E-state index in [4.69, 9.17) is 10.2 Å². The lowest BCUT2D eigenvalue weighted by atomic mass is 10.1. The summed E-state index contributed by atoms with van der Waals surface area (Å²) in [7, 11) is 0. The van der Waals surface area contributed by atoms with E-state index in [1.165, 1.54) is 0 Å². The molecular weight excluding hydrogens is 356 g/mol. The molecule has 0 saturated carbocycles. The van der Waals surface area contributed by atoms with Gasteiger partial charge in [-0.15, -0.1) is 12.4 Å². The standard InChI is InChI=1S/C15H17BrN2O2.ClH/c1-9-12-6-11(16)2-3-13(12)20-14(9)15(19)18-5-4-10(7-17)8-18;/h2-3,6,10H,4-5,7-8,17H2,1H3;1H. The maximum atomic E-state index is 12.6. The lowest BCUT2D eigenvalue weighted by Gasteiger charge is -2.14. The summed E-state index contributed by atoms with van der Waals surface area (Å²) in [6.45, 7) is 4.06. The Balaban J connectivity index is 0.00000161. The van der Waals surface area contributed by atoms with Crippen LogP contribution in [0.3, 0.4) is 0 Å². The van der Waals surface area contributed by atoms with E-state index in [0.717, 1.165) is 40.5 Å². The third-order valence-corrected chi connectivity index (χ3v) is 4.49. The summed E-state index contributed by atoms with van der Waals surface area (Å²) < 4.78 is 6.74. The molecule has 1 unspecified atom stereocenters. The summed E-state index contributed by atoms with van der Waals surface area (Å²) in [4.78, 5) is 14.4. The van der Waals surface area contributed by atoms with Gasteiger partial charge in [-0.3, -0.25) is 4.79 Å². The molecule has 1 saturated heterocycles. The summed E-state index contributed by atoms with van der Waals surface area (Å²) in [6.07, 6.45) is 0.979. The van der Waals surface area contributed by atoms with Crippen LogP contribution >= 0.6 is 28.3 Å². The predicted octanol–water partition coefficient (Wildman–Crippen LogP) is 3.35. The van der Waals surface area contributed by atoms with E-state index >= 15 is 0 Å². The van der Waals surface area contributed by atoms with Crippen molar-refractivity contribution in [1.82, 2.24) is 4.90 Å². The van der Waals surface area contributed by atoms with Crippen LogP contribution in [0.1, 0.15) is 22.5 Å². The van der Waals surface area contributed by atoms with Gasteiger partial charge in [0.1, 0.15) is 5.58 Å². The van der Waals surface area contributed by atoms with Crippen molar-refractivity contribution in [1.29, 1.82) is 0 Å². The number of benzene rings is 1. The summed E-state index contributed by atoms with van der Waals surface area (Å²) in [6, 6.07) is 5.79. The Morgan fingerprint density at radius 3 is 2.95 bits per heavy atom. The Hall–Kier alpha value is -1.04. The third kappa shape index (κ3) is 2.96. The monoisotopic (exact) mass is 372 g/mol. The Kier molecular flexibility index (Phi) is 4.96. The number of hydrogen-bond acceptors (Lipinski definition) is 3. The number of furan rings is 1. The first kappa shape index (κ1) is 16.3. The largest absolute Gasteiger partial charge is 0.451 e. The Labute approximate surface area is 138 Å². The van der Waals surface area contributed by atoms with Gasteiger partial charge in [-0.25, -0.2) is 0 Å². The molecule has 1 amide bonds. The van der Waals surface area contributed by atoms with Crippen molar-refractivity contribution in [3.8, 4) is 0 Å². The number of amides is 1. The smallest absolute Gasteiger partial charge is 0.289 e. The molecule has 1 aliphatic rings. The minimum atomic E-state index is -0.0224. The van der Waals surface area contributed by atoms with E-state index < -0.39 is 0 Å². The maximum absolute atomic E-state index is 12.6. The Morgan fingerprint density at radius 2 is 2.29 bits per heavy atom. The molecule has 0 aliphatic carbocycles. The number of nitrogens with zero attached hydrogens (tertiary/aromatic N) is 1. The van der Waals surface area contributed by atoms with Crippen LogP contribution in [0.2, 0.25) is 0 Å². The fourth-order valence-corrected chi connectivity index (χ4v) is 3.11. The highest BCUT2D eigenvalue weighted by Crippen LogP contribution is 2.29. The first-order chi connectivity index (χ1) is 9.60. The number of hydrogen-bond donors (Lipinski definition) is 1. The highest BCUT2D eigenvalue weighted by Gasteiger charge is 2.29. The SMILES string of the molecule is Cc1c(C(=O)N2CCC(CN)C2)oc2ccc(Br)cc12.Cl. The van der Waals surface area contributed by atoms with Crippen LogP contribution in [0.25, 0.3) is 11.0 Å². The van der Waals surface area contributed by atoms with E-state index in [-0.39, 0.29) is 18.3 Å². The average Bonchev–Trinajstić information content (AvgIpc) is 3.04. The number of aryl methyl sites for hydroxylation is 1. The van der Waals surface area contributed by atoms with Crippen LogP contribution in [0.15, 0.2) is 27.1 Å². The van der Waals surface area contributed by atoms with Crippen molar-refractivity contribution < 1.29 is 9.21 Å². The van der Waals surface area contributed by atoms with Gasteiger partial charge in [0.15, 0.2) is 5.76 Å². The number of likely N-dealkylation sites (tertiary alicyclic amines) is 1. The van der Waals surface area contributed by atoms with Crippen molar-refractivity contribution in [2.45, 2.75) is 13.3 Å². The molecule has 2 heterocycles. The number of halogens is 2. The van der Waals surface area contributed by atoms with Crippen LogP contribution in [0.5, 0.6) is 0 Å². The Morgan fingerprint density at radius 1 is 1.52 bits per heavy atom. The van der Waals surface area contributed by atoms with Crippen molar-refractivity contribution in [3.63, 3.8) is 0 Å². The molecule has 3 rings (SSSR count). The molecule has 2 N–H and O–H groups in total. The molecule has 4 nitrogen and oxygen atoms in total. The molecule has 0 spiro atoms. The van der Waals surface area contributed by atoms with Crippen LogP contribution in [-0.2, 0) is 0 Å². The molecule has 0 bridgehead atoms. The molecule has 114 valence electrons. The number of carbonyl (C=O) groups is 1. The molecule has 21 heavy (non-hydrogen) atoms. The lowest BCUT2D eigenvalue weighted by molar-refractivity contribution is 0.0757. The van der Waals surface area contributed by atoms with Gasteiger partial charge in [-0.1, -0.05) is 15.9 Å². The van der Waals surface area contributed by atoms with Gasteiger partial charge in [0, 0.05) is 28.5 Å². The third-order valence-electron chi connectivity index (χ3n) is 4.00. The maximum Gasteiger partial charge on any atom is 0.289 e. The van der Waals surface area contributed by atoms with E-state index in [2.05, 4.69) is 15.9 Å². The van der Waals surface area contributed by atoms with Crippen molar-refractivity contribution in [2.24, 2.45) is 11.7 Å². The second-order valence-electron chi connectivity index (χ2n) is 5.34. The first-order valence-corrected chi connectivity index (χ1v) is 7.57. The number of fused-ring (bicyclic) bond motifs is 1. The first-order valence-electron chi connectivity index (χ1n) is 6.78. The molecule has 1 aromatic heterocycles. The highest BCUT2D eigenvalue weighted by molar-refractivity contribution is 9.10. The Bertz CT molecular complexity index is 671. The van der Waals surface area contributed by atoms with Crippen LogP contribution in [0, 0.1) is 12.8 Å². The lowest BCUT2D eigenvalue weighted by Crippen LogP contribution is -2.30. The van der Waals surface area contributed by atoms with Crippen LogP contribution < -0.4 is 5.73 Å². The van der Waals surface area contributed by atoms with Crippen molar-refractivity contribution in [2.75, 3.05) is 19.6 Å². The van der Waals surface area contributed by atoms with E-state index in [1.807, 2.05) is 30.0 Å². The molecular formula is C15H18BrClN2O2. The summed E-state index contributed by atoms with van der Waals surface area (Å²) in [5.41, 5.74) is 7.33. The van der Waals surface area contributed by atoms with E-state index in [1.54, 1.807) is 0 Å². The fraction of sp³-hybridized carbons (Fsp3) is 0.400. The summed E-state index contributed by atoms with van der Waals surface area (Å²) >= 11 is 3.45. The number of nitrogens with two attached hydrogens (primary N) is 1. The van der Waals surface area contributed by atoms with Crippen LogP contribution in [0.4, 0.5) is 0 Å². The van der Waals surface area contributed by atoms with Gasteiger partial charge in [-0.2, -0.15) is 0 Å². The van der Waals surface area contributed by atoms with Gasteiger partial charge in [0.25, 0.3) is 5.91 Å². The summed E-state index contributed by atoms with van der Waals surface area (Å²) in [5, 5.41) is 0.984. The zero-order valence-electron chi connectivity index (χ0n) is 11.8. The zero-order chi connectivity index (χ0) is 14.3. The van der Waals surface area contributed by atoms with E-state index in [9.17, 15) is 4.79 Å². The second kappa shape index (κ2) is 6.38.